The second-order valence-corrected chi connectivity index (χ2v) is 7.05. The quantitative estimate of drug-likeness (QED) is 0.542. The van der Waals surface area contributed by atoms with Crippen molar-refractivity contribution in [2.24, 2.45) is 0 Å². The molecule has 9 nitrogen and oxygen atoms in total. The first-order valence-electron chi connectivity index (χ1n) is 9.14. The smallest absolute Gasteiger partial charge is 0.504 e. The van der Waals surface area contributed by atoms with Crippen LogP contribution in [-0.4, -0.2) is 66.0 Å². The van der Waals surface area contributed by atoms with Crippen LogP contribution >= 0.6 is 12.4 Å². The Hall–Kier alpha value is -2.91. The standard InChI is InChI=1S/C19H22N4O5.ClH/c1-22-6-8-23(9-7-22)11-2-3-12-14(10-11)20-5-4-13-15(12)21-18(25)17(16(13)24)28-19(26)27;/h2-3,10,20H,4-9H2,1H3,(H,26,27)(H2,21,24,25);1H. The third-order valence-corrected chi connectivity index (χ3v) is 5.27. The molecule has 29 heavy (non-hydrogen) atoms. The van der Waals surface area contributed by atoms with Gasteiger partial charge in [-0.15, -0.1) is 12.4 Å². The molecule has 2 aliphatic rings. The van der Waals surface area contributed by atoms with Gasteiger partial charge in [0.15, 0.2) is 5.75 Å². The number of H-pyrrole nitrogens is 1. The summed E-state index contributed by atoms with van der Waals surface area (Å²) in [5.74, 6) is -1.03. The zero-order valence-corrected chi connectivity index (χ0v) is 16.7. The molecule has 2 aromatic rings. The maximum absolute atomic E-state index is 12.3. The fourth-order valence-electron chi connectivity index (χ4n) is 3.74. The van der Waals surface area contributed by atoms with E-state index in [1.54, 1.807) is 0 Å². The minimum absolute atomic E-state index is 0. The number of hydrogen-bond acceptors (Lipinski definition) is 7. The molecule has 0 bridgehead atoms. The highest BCUT2D eigenvalue weighted by atomic mass is 35.5. The Bertz CT molecular complexity index is 985. The van der Waals surface area contributed by atoms with Crippen molar-refractivity contribution in [1.82, 2.24) is 9.88 Å². The molecule has 0 saturated carbocycles. The van der Waals surface area contributed by atoms with Crippen LogP contribution in [0.25, 0.3) is 11.3 Å². The number of nitrogens with zero attached hydrogens (tertiary/aromatic N) is 2. The molecule has 1 fully saturated rings. The minimum Gasteiger partial charge on any atom is -0.504 e. The van der Waals surface area contributed by atoms with Crippen molar-refractivity contribution < 1.29 is 19.7 Å². The van der Waals surface area contributed by atoms with E-state index in [-0.39, 0.29) is 12.4 Å². The highest BCUT2D eigenvalue weighted by molar-refractivity contribution is 5.85. The molecule has 1 aromatic carbocycles. The Morgan fingerprint density at radius 3 is 2.62 bits per heavy atom. The van der Waals surface area contributed by atoms with Gasteiger partial charge in [0, 0.05) is 55.2 Å². The van der Waals surface area contributed by atoms with Crippen LogP contribution in [-0.2, 0) is 6.42 Å². The number of hydrogen-bond donors (Lipinski definition) is 4. The van der Waals surface area contributed by atoms with E-state index in [2.05, 4.69) is 31.9 Å². The predicted molar refractivity (Wildman–Crippen MR) is 112 cm³/mol. The number of ether oxygens (including phenoxy) is 1. The van der Waals surface area contributed by atoms with Gasteiger partial charge in [0.1, 0.15) is 0 Å². The number of pyridine rings is 1. The molecule has 2 aliphatic heterocycles. The molecular formula is C19H23ClN4O5. The van der Waals surface area contributed by atoms with Gasteiger partial charge in [-0.25, -0.2) is 4.79 Å². The molecule has 0 atom stereocenters. The number of likely N-dealkylation sites (N-methyl/N-ethyl adjacent to an activating group) is 1. The zero-order chi connectivity index (χ0) is 19.8. The molecule has 1 saturated heterocycles. The van der Waals surface area contributed by atoms with Gasteiger partial charge in [-0.1, -0.05) is 0 Å². The second-order valence-electron chi connectivity index (χ2n) is 7.05. The number of piperazine rings is 1. The molecule has 156 valence electrons. The van der Waals surface area contributed by atoms with Gasteiger partial charge in [-0.2, -0.15) is 0 Å². The Morgan fingerprint density at radius 2 is 1.93 bits per heavy atom. The fourth-order valence-corrected chi connectivity index (χ4v) is 3.74. The number of aromatic amines is 1. The van der Waals surface area contributed by atoms with Crippen LogP contribution in [0.5, 0.6) is 11.5 Å². The van der Waals surface area contributed by atoms with E-state index in [1.165, 1.54) is 0 Å². The number of halogens is 1. The van der Waals surface area contributed by atoms with E-state index >= 15 is 0 Å². The molecule has 1 aromatic heterocycles. The molecule has 4 N–H and O–H groups in total. The summed E-state index contributed by atoms with van der Waals surface area (Å²) in [6.45, 7) is 4.42. The van der Waals surface area contributed by atoms with E-state index in [0.717, 1.165) is 43.1 Å². The Morgan fingerprint density at radius 1 is 1.21 bits per heavy atom. The average Bonchev–Trinajstić information content (AvgIpc) is 2.84. The lowest BCUT2D eigenvalue weighted by Gasteiger charge is -2.34. The summed E-state index contributed by atoms with van der Waals surface area (Å²) >= 11 is 0. The number of anilines is 2. The molecule has 4 rings (SSSR count). The third kappa shape index (κ3) is 3.96. The molecular weight excluding hydrogens is 400 g/mol. The Labute approximate surface area is 173 Å². The summed E-state index contributed by atoms with van der Waals surface area (Å²) in [6, 6.07) is 5.96. The number of fused-ring (bicyclic) bond motifs is 3. The molecule has 3 heterocycles. The number of rotatable bonds is 2. The minimum atomic E-state index is -1.65. The van der Waals surface area contributed by atoms with E-state index < -0.39 is 23.2 Å². The molecule has 0 spiro atoms. The lowest BCUT2D eigenvalue weighted by molar-refractivity contribution is 0.142. The van der Waals surface area contributed by atoms with Gasteiger partial charge in [0.2, 0.25) is 5.75 Å². The van der Waals surface area contributed by atoms with E-state index in [4.69, 9.17) is 5.11 Å². The van der Waals surface area contributed by atoms with Crippen molar-refractivity contribution in [3.63, 3.8) is 0 Å². The number of carboxylic acid groups (broad SMARTS) is 1. The molecule has 0 amide bonds. The summed E-state index contributed by atoms with van der Waals surface area (Å²) in [7, 11) is 2.11. The summed E-state index contributed by atoms with van der Waals surface area (Å²) < 4.78 is 4.47. The van der Waals surface area contributed by atoms with Crippen LogP contribution in [0.3, 0.4) is 0 Å². The van der Waals surface area contributed by atoms with Crippen molar-refractivity contribution in [2.75, 3.05) is 50.0 Å². The number of aromatic hydroxyl groups is 1. The number of aromatic nitrogens is 1. The van der Waals surface area contributed by atoms with Gasteiger partial charge in [0.25, 0.3) is 5.56 Å². The first-order chi connectivity index (χ1) is 13.4. The highest BCUT2D eigenvalue weighted by Gasteiger charge is 2.25. The van der Waals surface area contributed by atoms with Gasteiger partial charge in [0.05, 0.1) is 5.69 Å². The maximum Gasteiger partial charge on any atom is 0.511 e. The summed E-state index contributed by atoms with van der Waals surface area (Å²) in [4.78, 5) is 30.4. The van der Waals surface area contributed by atoms with Gasteiger partial charge in [-0.3, -0.25) is 4.79 Å². The second kappa shape index (κ2) is 8.22. The predicted octanol–water partition coefficient (Wildman–Crippen LogP) is 1.95. The SMILES string of the molecule is CN1CCN(c2ccc3c(c2)NCCc2c-3[nH]c(=O)c(OC(=O)O)c2O)CC1.Cl. The largest absolute Gasteiger partial charge is 0.511 e. The summed E-state index contributed by atoms with van der Waals surface area (Å²) in [5.41, 5.74) is 2.85. The van der Waals surface area contributed by atoms with Crippen molar-refractivity contribution >= 4 is 29.9 Å². The molecule has 10 heteroatoms. The summed E-state index contributed by atoms with van der Waals surface area (Å²) in [5, 5.41) is 22.6. The van der Waals surface area contributed by atoms with Crippen molar-refractivity contribution in [3.8, 4) is 22.8 Å². The first-order valence-corrected chi connectivity index (χ1v) is 9.14. The maximum atomic E-state index is 12.3. The van der Waals surface area contributed by atoms with Crippen molar-refractivity contribution in [3.05, 3.63) is 34.1 Å². The van der Waals surface area contributed by atoms with E-state index in [0.29, 0.717) is 24.2 Å². The zero-order valence-electron chi connectivity index (χ0n) is 15.9. The Kier molecular flexibility index (Phi) is 5.90. The van der Waals surface area contributed by atoms with Crippen molar-refractivity contribution in [1.29, 1.82) is 0 Å². The van der Waals surface area contributed by atoms with Gasteiger partial charge >= 0.3 is 6.16 Å². The number of benzene rings is 1. The van der Waals surface area contributed by atoms with Crippen LogP contribution < -0.4 is 20.5 Å². The fraction of sp³-hybridized carbons (Fsp3) is 0.368. The highest BCUT2D eigenvalue weighted by Crippen LogP contribution is 2.39. The molecule has 0 aliphatic carbocycles. The van der Waals surface area contributed by atoms with Crippen LogP contribution in [0, 0.1) is 0 Å². The van der Waals surface area contributed by atoms with Gasteiger partial charge < -0.3 is 35.1 Å². The monoisotopic (exact) mass is 422 g/mol. The van der Waals surface area contributed by atoms with Gasteiger partial charge in [-0.05, 0) is 31.7 Å². The normalized spacial score (nSPS) is 16.0. The topological polar surface area (TPSA) is 118 Å². The molecule has 0 radical (unpaired) electrons. The summed E-state index contributed by atoms with van der Waals surface area (Å²) in [6.07, 6.45) is -1.24. The first kappa shape index (κ1) is 20.8. The van der Waals surface area contributed by atoms with Crippen LogP contribution in [0.15, 0.2) is 23.0 Å². The van der Waals surface area contributed by atoms with Crippen LogP contribution in [0.2, 0.25) is 0 Å². The van der Waals surface area contributed by atoms with E-state index in [1.807, 2.05) is 18.2 Å². The Balaban J connectivity index is 0.00000240. The number of carbonyl (C=O) groups is 1. The number of nitrogens with one attached hydrogen (secondary N) is 2. The lowest BCUT2D eigenvalue weighted by atomic mass is 10.0. The van der Waals surface area contributed by atoms with E-state index in [9.17, 15) is 14.7 Å². The average molecular weight is 423 g/mol. The lowest BCUT2D eigenvalue weighted by Crippen LogP contribution is -2.44. The third-order valence-electron chi connectivity index (χ3n) is 5.27. The van der Waals surface area contributed by atoms with Crippen molar-refractivity contribution in [2.45, 2.75) is 6.42 Å². The van der Waals surface area contributed by atoms with Crippen LogP contribution in [0.1, 0.15) is 5.56 Å². The van der Waals surface area contributed by atoms with Crippen LogP contribution in [0.4, 0.5) is 16.2 Å². The molecule has 0 unspecified atom stereocenters.